The molecule has 0 spiro atoms. The summed E-state index contributed by atoms with van der Waals surface area (Å²) in [6.45, 7) is 2.11. The number of hydrogen-bond donors (Lipinski definition) is 0. The van der Waals surface area contributed by atoms with Gasteiger partial charge in [0.2, 0.25) is 0 Å². The summed E-state index contributed by atoms with van der Waals surface area (Å²) in [6, 6.07) is 0. The van der Waals surface area contributed by atoms with Gasteiger partial charge in [0.15, 0.2) is 0 Å². The number of allylic oxidation sites excluding steroid dienone is 4. The van der Waals surface area contributed by atoms with Crippen LogP contribution >= 0.6 is 0 Å². The fourth-order valence-electron chi connectivity index (χ4n) is 1.10. The topological polar surface area (TPSA) is 17.1 Å². The molecule has 0 aromatic heterocycles. The second-order valence-corrected chi connectivity index (χ2v) is 3.50. The van der Waals surface area contributed by atoms with E-state index in [1.807, 2.05) is 0 Å². The smallest absolute Gasteiger partial charge is 0.285 e. The molecule has 0 amide bonds. The molecule has 0 aliphatic rings. The van der Waals surface area contributed by atoms with E-state index in [2.05, 4.69) is 6.92 Å². The zero-order valence-electron chi connectivity index (χ0n) is 9.39. The van der Waals surface area contributed by atoms with Crippen LogP contribution in [0.1, 0.15) is 39.0 Å². The van der Waals surface area contributed by atoms with Crippen molar-refractivity contribution in [3.8, 4) is 0 Å². The van der Waals surface area contributed by atoms with Gasteiger partial charge in [-0.25, -0.2) is 0 Å². The van der Waals surface area contributed by atoms with Crippen molar-refractivity contribution in [1.29, 1.82) is 0 Å². The Labute approximate surface area is 94.0 Å². The molecule has 0 aromatic carbocycles. The Morgan fingerprint density at radius 2 is 1.81 bits per heavy atom. The summed E-state index contributed by atoms with van der Waals surface area (Å²) in [4.78, 5) is 10.4. The molecule has 0 heterocycles. The third kappa shape index (κ3) is 8.26. The lowest BCUT2D eigenvalue weighted by molar-refractivity contribution is -0.165. The Kier molecular flexibility index (Phi) is 7.60. The summed E-state index contributed by atoms with van der Waals surface area (Å²) in [5.41, 5.74) is 0. The van der Waals surface area contributed by atoms with Crippen molar-refractivity contribution in [2.75, 3.05) is 0 Å². The molecular formula is C12H17F3O. The van der Waals surface area contributed by atoms with Crippen LogP contribution in [0.5, 0.6) is 0 Å². The molecule has 0 saturated carbocycles. The Hall–Kier alpha value is -1.06. The summed E-state index contributed by atoms with van der Waals surface area (Å²) in [5.74, 6) is -1.82. The normalized spacial score (nSPS) is 12.8. The summed E-state index contributed by atoms with van der Waals surface area (Å²) < 4.78 is 35.2. The van der Waals surface area contributed by atoms with Crippen LogP contribution in [0.3, 0.4) is 0 Å². The Morgan fingerprint density at radius 3 is 2.38 bits per heavy atom. The van der Waals surface area contributed by atoms with E-state index in [4.69, 9.17) is 0 Å². The van der Waals surface area contributed by atoms with Gasteiger partial charge in [-0.1, -0.05) is 44.4 Å². The van der Waals surface area contributed by atoms with Crippen molar-refractivity contribution in [3.63, 3.8) is 0 Å². The molecule has 0 aromatic rings. The maximum absolute atomic E-state index is 11.7. The van der Waals surface area contributed by atoms with E-state index in [0.717, 1.165) is 31.8 Å². The number of unbranched alkanes of at least 4 members (excludes halogenated alkanes) is 4. The average Bonchev–Trinajstić information content (AvgIpc) is 2.20. The van der Waals surface area contributed by atoms with Crippen molar-refractivity contribution < 1.29 is 18.0 Å². The second kappa shape index (κ2) is 8.13. The van der Waals surface area contributed by atoms with Crippen LogP contribution in [-0.4, -0.2) is 12.0 Å². The van der Waals surface area contributed by atoms with Crippen LogP contribution in [0.4, 0.5) is 13.2 Å². The minimum atomic E-state index is -4.76. The first-order valence-corrected chi connectivity index (χ1v) is 5.43. The third-order valence-corrected chi connectivity index (χ3v) is 2.00. The standard InChI is InChI=1S/C12H17F3O/c1-2-3-4-5-6-7-8-9-10-11(16)12(13,14)15/h7-10H,2-6H2,1H3/b8-7+,10-9+. The fraction of sp³-hybridized carbons (Fsp3) is 0.583. The molecule has 0 radical (unpaired) electrons. The quantitative estimate of drug-likeness (QED) is 0.366. The zero-order valence-corrected chi connectivity index (χ0v) is 9.39. The van der Waals surface area contributed by atoms with Gasteiger partial charge >= 0.3 is 6.18 Å². The SMILES string of the molecule is CCCCCC/C=C/C=C/C(=O)C(F)(F)F. The van der Waals surface area contributed by atoms with E-state index < -0.39 is 12.0 Å². The van der Waals surface area contributed by atoms with Gasteiger partial charge in [-0.15, -0.1) is 0 Å². The van der Waals surface area contributed by atoms with E-state index in [1.54, 1.807) is 6.08 Å². The molecule has 1 nitrogen and oxygen atoms in total. The molecule has 0 unspecified atom stereocenters. The van der Waals surface area contributed by atoms with E-state index in [9.17, 15) is 18.0 Å². The van der Waals surface area contributed by atoms with Gasteiger partial charge in [0.05, 0.1) is 0 Å². The molecule has 0 atom stereocenters. The predicted molar refractivity (Wildman–Crippen MR) is 58.1 cm³/mol. The fourth-order valence-corrected chi connectivity index (χ4v) is 1.10. The van der Waals surface area contributed by atoms with E-state index in [0.29, 0.717) is 6.08 Å². The van der Waals surface area contributed by atoms with E-state index in [1.165, 1.54) is 12.5 Å². The minimum absolute atomic E-state index is 0.544. The lowest BCUT2D eigenvalue weighted by atomic mass is 10.1. The highest BCUT2D eigenvalue weighted by Crippen LogP contribution is 2.16. The maximum Gasteiger partial charge on any atom is 0.454 e. The Bertz CT molecular complexity index is 251. The Balaban J connectivity index is 3.67. The molecule has 16 heavy (non-hydrogen) atoms. The average molecular weight is 234 g/mol. The van der Waals surface area contributed by atoms with Crippen molar-refractivity contribution >= 4 is 5.78 Å². The number of halogens is 3. The van der Waals surface area contributed by atoms with Gasteiger partial charge in [0.25, 0.3) is 5.78 Å². The highest BCUT2D eigenvalue weighted by molar-refractivity contribution is 5.94. The molecule has 0 saturated heterocycles. The summed E-state index contributed by atoms with van der Waals surface area (Å²) in [7, 11) is 0. The van der Waals surface area contributed by atoms with Crippen LogP contribution in [0.25, 0.3) is 0 Å². The molecule has 0 aliphatic carbocycles. The van der Waals surface area contributed by atoms with Crippen molar-refractivity contribution in [2.45, 2.75) is 45.2 Å². The monoisotopic (exact) mass is 234 g/mol. The van der Waals surface area contributed by atoms with Crippen molar-refractivity contribution in [3.05, 3.63) is 24.3 Å². The molecule has 0 bridgehead atoms. The summed E-state index contributed by atoms with van der Waals surface area (Å²) >= 11 is 0. The number of alkyl halides is 3. The molecule has 0 rings (SSSR count). The molecule has 92 valence electrons. The zero-order chi connectivity index (χ0) is 12.4. The summed E-state index contributed by atoms with van der Waals surface area (Å²) in [6.07, 6.45) is 5.51. The Morgan fingerprint density at radius 1 is 1.12 bits per heavy atom. The first-order chi connectivity index (χ1) is 7.48. The van der Waals surface area contributed by atoms with Crippen LogP contribution < -0.4 is 0 Å². The van der Waals surface area contributed by atoms with E-state index in [-0.39, 0.29) is 0 Å². The van der Waals surface area contributed by atoms with Crippen molar-refractivity contribution in [1.82, 2.24) is 0 Å². The van der Waals surface area contributed by atoms with Crippen LogP contribution in [-0.2, 0) is 4.79 Å². The first-order valence-electron chi connectivity index (χ1n) is 5.43. The van der Waals surface area contributed by atoms with Gasteiger partial charge in [0, 0.05) is 0 Å². The highest BCUT2D eigenvalue weighted by atomic mass is 19.4. The van der Waals surface area contributed by atoms with Gasteiger partial charge in [-0.2, -0.15) is 13.2 Å². The number of rotatable bonds is 7. The van der Waals surface area contributed by atoms with E-state index >= 15 is 0 Å². The van der Waals surface area contributed by atoms with Gasteiger partial charge in [-0.05, 0) is 18.9 Å². The van der Waals surface area contributed by atoms with Crippen molar-refractivity contribution in [2.24, 2.45) is 0 Å². The highest BCUT2D eigenvalue weighted by Gasteiger charge is 2.35. The number of ketones is 1. The van der Waals surface area contributed by atoms with Gasteiger partial charge < -0.3 is 0 Å². The van der Waals surface area contributed by atoms with Gasteiger partial charge in [-0.3, -0.25) is 4.79 Å². The molecular weight excluding hydrogens is 217 g/mol. The molecule has 4 heteroatoms. The predicted octanol–water partition coefficient (Wildman–Crippen LogP) is 4.20. The number of hydrogen-bond acceptors (Lipinski definition) is 1. The number of carbonyl (C=O) groups excluding carboxylic acids is 1. The molecule has 0 fully saturated rings. The third-order valence-electron chi connectivity index (χ3n) is 2.00. The number of carbonyl (C=O) groups is 1. The van der Waals surface area contributed by atoms with Gasteiger partial charge in [0.1, 0.15) is 0 Å². The van der Waals surface area contributed by atoms with Crippen LogP contribution in [0.2, 0.25) is 0 Å². The lowest BCUT2D eigenvalue weighted by Crippen LogP contribution is -2.19. The largest absolute Gasteiger partial charge is 0.454 e. The summed E-state index contributed by atoms with van der Waals surface area (Å²) in [5, 5.41) is 0. The second-order valence-electron chi connectivity index (χ2n) is 3.50. The maximum atomic E-state index is 11.7. The van der Waals surface area contributed by atoms with Crippen LogP contribution in [0, 0.1) is 0 Å². The first kappa shape index (κ1) is 14.9. The lowest BCUT2D eigenvalue weighted by Gasteiger charge is -1.98. The van der Waals surface area contributed by atoms with Crippen LogP contribution in [0.15, 0.2) is 24.3 Å². The molecule has 0 aliphatic heterocycles. The molecule has 0 N–H and O–H groups in total. The minimum Gasteiger partial charge on any atom is -0.285 e.